The van der Waals surface area contributed by atoms with E-state index in [2.05, 4.69) is 4.98 Å². The summed E-state index contributed by atoms with van der Waals surface area (Å²) in [6.45, 7) is 6.13. The van der Waals surface area contributed by atoms with Gasteiger partial charge in [-0.2, -0.15) is 0 Å². The van der Waals surface area contributed by atoms with Gasteiger partial charge in [-0.05, 0) is 32.8 Å². The van der Waals surface area contributed by atoms with Gasteiger partial charge in [0.15, 0.2) is 0 Å². The van der Waals surface area contributed by atoms with E-state index in [9.17, 15) is 14.4 Å². The van der Waals surface area contributed by atoms with Gasteiger partial charge in [0, 0.05) is 55.3 Å². The van der Waals surface area contributed by atoms with Gasteiger partial charge in [-0.1, -0.05) is 0 Å². The van der Waals surface area contributed by atoms with Crippen LogP contribution in [0.4, 0.5) is 0 Å². The smallest absolute Gasteiger partial charge is 0.254 e. The van der Waals surface area contributed by atoms with E-state index in [1.165, 1.54) is 10.6 Å². The van der Waals surface area contributed by atoms with Crippen LogP contribution in [-0.4, -0.2) is 70.1 Å². The van der Waals surface area contributed by atoms with Crippen molar-refractivity contribution in [1.82, 2.24) is 19.4 Å². The number of methoxy groups -OCH3 is 1. The molecule has 4 heterocycles. The maximum atomic E-state index is 12.9. The lowest BCUT2D eigenvalue weighted by Gasteiger charge is -2.42. The highest BCUT2D eigenvalue weighted by molar-refractivity contribution is 5.94. The fourth-order valence-corrected chi connectivity index (χ4v) is 4.83. The number of hydrogen-bond donors (Lipinski definition) is 0. The first-order valence-corrected chi connectivity index (χ1v) is 11.6. The van der Waals surface area contributed by atoms with Crippen molar-refractivity contribution in [1.29, 1.82) is 0 Å². The number of aromatic nitrogens is 2. The molecule has 0 bridgehead atoms. The molecule has 9 nitrogen and oxygen atoms in total. The number of rotatable bonds is 4. The van der Waals surface area contributed by atoms with E-state index in [1.54, 1.807) is 37.5 Å². The lowest BCUT2D eigenvalue weighted by molar-refractivity contribution is -0.132. The first-order valence-electron chi connectivity index (χ1n) is 11.6. The number of pyridine rings is 2. The maximum Gasteiger partial charge on any atom is 0.254 e. The van der Waals surface area contributed by atoms with Crippen molar-refractivity contribution < 1.29 is 19.1 Å². The number of ether oxygens (including phenoxy) is 2. The molecule has 0 aliphatic carbocycles. The van der Waals surface area contributed by atoms with Crippen LogP contribution >= 0.6 is 0 Å². The minimum Gasteiger partial charge on any atom is -0.496 e. The number of likely N-dealkylation sites (tertiary alicyclic amines) is 1. The van der Waals surface area contributed by atoms with Gasteiger partial charge in [-0.25, -0.2) is 0 Å². The normalized spacial score (nSPS) is 18.2. The van der Waals surface area contributed by atoms with Crippen molar-refractivity contribution in [2.45, 2.75) is 45.3 Å². The van der Waals surface area contributed by atoms with Crippen LogP contribution in [0.25, 0.3) is 0 Å². The molecule has 0 saturated carbocycles. The third kappa shape index (κ3) is 4.70. The summed E-state index contributed by atoms with van der Waals surface area (Å²) in [6.07, 6.45) is 4.94. The van der Waals surface area contributed by atoms with Gasteiger partial charge in [-0.15, -0.1) is 0 Å². The van der Waals surface area contributed by atoms with E-state index in [-0.39, 0.29) is 17.4 Å². The number of carbonyl (C=O) groups is 2. The van der Waals surface area contributed by atoms with E-state index in [1.807, 2.05) is 18.7 Å². The third-order valence-electron chi connectivity index (χ3n) is 6.96. The Balaban J connectivity index is 1.47. The number of aryl methyl sites for hydroxylation is 2. The minimum atomic E-state index is -0.502. The fourth-order valence-electron chi connectivity index (χ4n) is 4.83. The Labute approximate surface area is 199 Å². The van der Waals surface area contributed by atoms with Crippen LogP contribution in [0, 0.1) is 13.8 Å². The van der Waals surface area contributed by atoms with Crippen LogP contribution < -0.4 is 10.3 Å². The fraction of sp³-hybridized carbons (Fsp3) is 0.520. The van der Waals surface area contributed by atoms with Crippen LogP contribution in [0.15, 0.2) is 29.3 Å². The Morgan fingerprint density at radius 2 is 1.97 bits per heavy atom. The van der Waals surface area contributed by atoms with Crippen molar-refractivity contribution >= 4 is 11.8 Å². The maximum absolute atomic E-state index is 12.9. The quantitative estimate of drug-likeness (QED) is 0.680. The summed E-state index contributed by atoms with van der Waals surface area (Å²) in [7, 11) is 3.29. The number of amides is 2. The second-order valence-corrected chi connectivity index (χ2v) is 9.23. The summed E-state index contributed by atoms with van der Waals surface area (Å²) in [4.78, 5) is 45.9. The second kappa shape index (κ2) is 9.58. The van der Waals surface area contributed by atoms with Crippen molar-refractivity contribution in [3.8, 4) is 5.75 Å². The zero-order valence-corrected chi connectivity index (χ0v) is 20.3. The molecule has 0 unspecified atom stereocenters. The molecule has 2 aromatic rings. The molecule has 0 aromatic carbocycles. The van der Waals surface area contributed by atoms with Crippen LogP contribution in [0.2, 0.25) is 0 Å². The number of hydrogen-bond acceptors (Lipinski definition) is 6. The zero-order valence-electron chi connectivity index (χ0n) is 20.3. The molecule has 0 atom stereocenters. The van der Waals surface area contributed by atoms with Gasteiger partial charge < -0.3 is 23.8 Å². The highest BCUT2D eigenvalue weighted by Crippen LogP contribution is 2.32. The number of nitrogens with zero attached hydrogens (tertiary/aromatic N) is 4. The highest BCUT2D eigenvalue weighted by Gasteiger charge is 2.41. The van der Waals surface area contributed by atoms with Gasteiger partial charge in [0.05, 0.1) is 44.5 Å². The lowest BCUT2D eigenvalue weighted by atomic mass is 9.90. The summed E-state index contributed by atoms with van der Waals surface area (Å²) >= 11 is 0. The first kappa shape index (κ1) is 23.9. The molecule has 0 N–H and O–H groups in total. The highest BCUT2D eigenvalue weighted by atomic mass is 16.5. The topological polar surface area (TPSA) is 94.0 Å². The van der Waals surface area contributed by atoms with Crippen LogP contribution in [-0.2, 0) is 23.1 Å². The summed E-state index contributed by atoms with van der Waals surface area (Å²) in [6, 6.07) is 3.04. The molecular weight excluding hydrogens is 436 g/mol. The van der Waals surface area contributed by atoms with Crippen LogP contribution in [0.3, 0.4) is 0 Å². The zero-order chi connectivity index (χ0) is 24.5. The molecule has 2 aromatic heterocycles. The summed E-state index contributed by atoms with van der Waals surface area (Å²) in [5, 5.41) is 0. The predicted octanol–water partition coefficient (Wildman–Crippen LogP) is 1.83. The van der Waals surface area contributed by atoms with E-state index in [0.717, 1.165) is 22.6 Å². The molecule has 2 aliphatic heterocycles. The Morgan fingerprint density at radius 3 is 2.65 bits per heavy atom. The summed E-state index contributed by atoms with van der Waals surface area (Å²) in [5.41, 5.74) is 2.39. The van der Waals surface area contributed by atoms with Crippen molar-refractivity contribution in [2.24, 2.45) is 7.05 Å². The molecule has 1 spiro atoms. The van der Waals surface area contributed by atoms with E-state index >= 15 is 0 Å². The predicted molar refractivity (Wildman–Crippen MR) is 126 cm³/mol. The summed E-state index contributed by atoms with van der Waals surface area (Å²) < 4.78 is 13.2. The van der Waals surface area contributed by atoms with Crippen molar-refractivity contribution in [3.63, 3.8) is 0 Å². The Kier molecular flexibility index (Phi) is 6.74. The first-order chi connectivity index (χ1) is 16.2. The number of piperidine rings is 1. The Hall–Kier alpha value is -3.20. The van der Waals surface area contributed by atoms with Gasteiger partial charge >= 0.3 is 0 Å². The SMILES string of the molecule is COc1c(C)cnc(CN2CC3(CCN(C(=O)c4ccn(C)c(=O)c4)CC3)OCCC2=O)c1C. The third-order valence-corrected chi connectivity index (χ3v) is 6.96. The van der Waals surface area contributed by atoms with E-state index in [4.69, 9.17) is 9.47 Å². The molecule has 4 rings (SSSR count). The van der Waals surface area contributed by atoms with Crippen molar-refractivity contribution in [2.75, 3.05) is 33.4 Å². The molecule has 2 amide bonds. The molecule has 182 valence electrons. The molecule has 2 fully saturated rings. The van der Waals surface area contributed by atoms with Gasteiger partial charge in [0.1, 0.15) is 5.75 Å². The van der Waals surface area contributed by atoms with Crippen LogP contribution in [0.5, 0.6) is 5.75 Å². The Bertz CT molecular complexity index is 1150. The average molecular weight is 469 g/mol. The Morgan fingerprint density at radius 1 is 1.24 bits per heavy atom. The molecule has 2 saturated heterocycles. The molecule has 2 aliphatic rings. The van der Waals surface area contributed by atoms with Crippen molar-refractivity contribution in [3.05, 3.63) is 57.3 Å². The van der Waals surface area contributed by atoms with Gasteiger partial charge in [0.2, 0.25) is 5.91 Å². The standard InChI is InChI=1S/C25H32N4O5/c1-17-14-26-20(18(2)23(17)33-4)15-29-16-25(34-12-6-21(29)30)7-10-28(11-8-25)24(32)19-5-9-27(3)22(31)13-19/h5,9,13-14H,6-8,10-12,15-16H2,1-4H3. The lowest BCUT2D eigenvalue weighted by Crippen LogP contribution is -2.53. The molecule has 9 heteroatoms. The molecular formula is C25H32N4O5. The molecule has 34 heavy (non-hydrogen) atoms. The summed E-state index contributed by atoms with van der Waals surface area (Å²) in [5.74, 6) is 0.678. The largest absolute Gasteiger partial charge is 0.496 e. The monoisotopic (exact) mass is 468 g/mol. The van der Waals surface area contributed by atoms with Crippen LogP contribution in [0.1, 0.15) is 46.4 Å². The molecule has 0 radical (unpaired) electrons. The van der Waals surface area contributed by atoms with Gasteiger partial charge in [0.25, 0.3) is 11.5 Å². The van der Waals surface area contributed by atoms with E-state index in [0.29, 0.717) is 57.6 Å². The number of carbonyl (C=O) groups excluding carboxylic acids is 2. The average Bonchev–Trinajstić information content (AvgIpc) is 2.96. The van der Waals surface area contributed by atoms with Gasteiger partial charge in [-0.3, -0.25) is 19.4 Å². The minimum absolute atomic E-state index is 0.0382. The second-order valence-electron chi connectivity index (χ2n) is 9.23. The van der Waals surface area contributed by atoms with E-state index < -0.39 is 5.60 Å².